The van der Waals surface area contributed by atoms with Crippen LogP contribution in [-0.4, -0.2) is 43.2 Å². The van der Waals surface area contributed by atoms with E-state index in [2.05, 4.69) is 10.0 Å². The maximum absolute atomic E-state index is 12.6. The highest BCUT2D eigenvalue weighted by Gasteiger charge is 2.33. The second-order valence-corrected chi connectivity index (χ2v) is 10.5. The van der Waals surface area contributed by atoms with E-state index >= 15 is 0 Å². The van der Waals surface area contributed by atoms with E-state index < -0.39 is 14.8 Å². The summed E-state index contributed by atoms with van der Waals surface area (Å²) < 4.78 is 31.9. The molecule has 28 heavy (non-hydrogen) atoms. The number of hydrogen-bond donors (Lipinski definition) is 2. The summed E-state index contributed by atoms with van der Waals surface area (Å²) in [4.78, 5) is 14.3. The normalized spacial score (nSPS) is 16.2. The molecule has 8 heteroatoms. The van der Waals surface area contributed by atoms with Gasteiger partial charge in [0.05, 0.1) is 11.0 Å². The first-order chi connectivity index (χ1) is 13.2. The van der Waals surface area contributed by atoms with Crippen molar-refractivity contribution in [2.45, 2.75) is 44.4 Å². The summed E-state index contributed by atoms with van der Waals surface area (Å²) in [6.45, 7) is 6.03. The van der Waals surface area contributed by atoms with Crippen molar-refractivity contribution in [2.75, 3.05) is 18.4 Å². The predicted molar refractivity (Wildman–Crippen MR) is 110 cm³/mol. The minimum atomic E-state index is -3.39. The number of hydrogen-bond acceptors (Lipinski definition) is 4. The highest BCUT2D eigenvalue weighted by Crippen LogP contribution is 2.24. The summed E-state index contributed by atoms with van der Waals surface area (Å²) in [6.07, 6.45) is 2.79. The van der Waals surface area contributed by atoms with Crippen LogP contribution in [-0.2, 0) is 10.0 Å². The van der Waals surface area contributed by atoms with Crippen molar-refractivity contribution in [1.82, 2.24) is 9.62 Å². The molecule has 0 unspecified atom stereocenters. The molecule has 152 valence electrons. The molecule has 2 amide bonds. The van der Waals surface area contributed by atoms with Crippen LogP contribution < -0.4 is 10.0 Å². The first-order valence-corrected chi connectivity index (χ1v) is 10.9. The Morgan fingerprint density at radius 2 is 1.86 bits per heavy atom. The second-order valence-electron chi connectivity index (χ2n) is 7.98. The SMILES string of the molecule is CC(C)(C)S(=O)(=O)NC1CCN(C(=O)Nc2cccc(-c3ccco3)c2)CC1. The van der Waals surface area contributed by atoms with Crippen LogP contribution in [0.5, 0.6) is 0 Å². The van der Waals surface area contributed by atoms with Crippen LogP contribution in [0.3, 0.4) is 0 Å². The van der Waals surface area contributed by atoms with Gasteiger partial charge in [-0.1, -0.05) is 12.1 Å². The zero-order chi connectivity index (χ0) is 20.4. The lowest BCUT2D eigenvalue weighted by Crippen LogP contribution is -2.50. The molecule has 1 aromatic heterocycles. The lowest BCUT2D eigenvalue weighted by atomic mass is 10.1. The van der Waals surface area contributed by atoms with Crippen LogP contribution in [0.1, 0.15) is 33.6 Å². The molecule has 2 heterocycles. The van der Waals surface area contributed by atoms with Gasteiger partial charge in [-0.15, -0.1) is 0 Å². The minimum absolute atomic E-state index is 0.143. The fourth-order valence-electron chi connectivity index (χ4n) is 2.99. The molecular weight excluding hydrogens is 378 g/mol. The average molecular weight is 406 g/mol. The molecule has 0 spiro atoms. The van der Waals surface area contributed by atoms with Crippen molar-refractivity contribution in [1.29, 1.82) is 0 Å². The van der Waals surface area contributed by atoms with E-state index in [4.69, 9.17) is 4.42 Å². The zero-order valence-corrected chi connectivity index (χ0v) is 17.3. The Morgan fingerprint density at radius 1 is 1.14 bits per heavy atom. The molecule has 3 rings (SSSR count). The van der Waals surface area contributed by atoms with Gasteiger partial charge >= 0.3 is 6.03 Å². The van der Waals surface area contributed by atoms with Crippen LogP contribution in [0.25, 0.3) is 11.3 Å². The van der Waals surface area contributed by atoms with Gasteiger partial charge in [-0.25, -0.2) is 17.9 Å². The highest BCUT2D eigenvalue weighted by molar-refractivity contribution is 7.90. The van der Waals surface area contributed by atoms with Crippen LogP contribution in [0, 0.1) is 0 Å². The summed E-state index contributed by atoms with van der Waals surface area (Å²) in [5, 5.41) is 2.91. The third-order valence-corrected chi connectivity index (χ3v) is 7.09. The predicted octanol–water partition coefficient (Wildman–Crippen LogP) is 3.66. The van der Waals surface area contributed by atoms with E-state index in [1.54, 1.807) is 31.9 Å². The summed E-state index contributed by atoms with van der Waals surface area (Å²) in [7, 11) is -3.39. The van der Waals surface area contributed by atoms with E-state index in [9.17, 15) is 13.2 Å². The van der Waals surface area contributed by atoms with Crippen molar-refractivity contribution in [3.8, 4) is 11.3 Å². The Morgan fingerprint density at radius 3 is 2.46 bits per heavy atom. The summed E-state index contributed by atoms with van der Waals surface area (Å²) >= 11 is 0. The number of amides is 2. The number of sulfonamides is 1. The largest absolute Gasteiger partial charge is 0.464 e. The number of likely N-dealkylation sites (tertiary alicyclic amines) is 1. The number of nitrogens with zero attached hydrogens (tertiary/aromatic N) is 1. The third-order valence-electron chi connectivity index (χ3n) is 4.83. The number of anilines is 1. The summed E-state index contributed by atoms with van der Waals surface area (Å²) in [6, 6.07) is 10.8. The van der Waals surface area contributed by atoms with Crippen LogP contribution in [0.2, 0.25) is 0 Å². The van der Waals surface area contributed by atoms with Gasteiger partial charge in [-0.2, -0.15) is 0 Å². The molecule has 0 bridgehead atoms. The van der Waals surface area contributed by atoms with Crippen molar-refractivity contribution < 1.29 is 17.6 Å². The van der Waals surface area contributed by atoms with Gasteiger partial charge in [0, 0.05) is 30.4 Å². The highest BCUT2D eigenvalue weighted by atomic mass is 32.2. The molecule has 1 aliphatic heterocycles. The Bertz CT molecular complexity index is 909. The molecule has 0 saturated carbocycles. The Labute approximate surface area is 166 Å². The van der Waals surface area contributed by atoms with Crippen LogP contribution >= 0.6 is 0 Å². The van der Waals surface area contributed by atoms with E-state index in [1.807, 2.05) is 36.4 Å². The first kappa shape index (κ1) is 20.4. The van der Waals surface area contributed by atoms with Crippen molar-refractivity contribution in [3.63, 3.8) is 0 Å². The monoisotopic (exact) mass is 405 g/mol. The molecule has 0 radical (unpaired) electrons. The number of carbonyl (C=O) groups is 1. The van der Waals surface area contributed by atoms with E-state index in [0.29, 0.717) is 31.6 Å². The quantitative estimate of drug-likeness (QED) is 0.812. The fraction of sp³-hybridized carbons (Fsp3) is 0.450. The Balaban J connectivity index is 1.55. The number of piperidine rings is 1. The van der Waals surface area contributed by atoms with Gasteiger partial charge in [0.2, 0.25) is 10.0 Å². The Hall–Kier alpha value is -2.32. The molecule has 1 aliphatic rings. The molecule has 0 aliphatic carbocycles. The summed E-state index contributed by atoms with van der Waals surface area (Å²) in [5.41, 5.74) is 1.58. The molecule has 2 aromatic rings. The maximum atomic E-state index is 12.6. The first-order valence-electron chi connectivity index (χ1n) is 9.37. The van der Waals surface area contributed by atoms with Gasteiger partial charge in [0.1, 0.15) is 5.76 Å². The molecule has 1 aromatic carbocycles. The molecule has 1 saturated heterocycles. The molecular formula is C20H27N3O4S. The zero-order valence-electron chi connectivity index (χ0n) is 16.4. The van der Waals surface area contributed by atoms with Crippen LogP contribution in [0.15, 0.2) is 47.1 Å². The maximum Gasteiger partial charge on any atom is 0.321 e. The van der Waals surface area contributed by atoms with Crippen molar-refractivity contribution in [2.24, 2.45) is 0 Å². The number of rotatable bonds is 4. The minimum Gasteiger partial charge on any atom is -0.464 e. The third kappa shape index (κ3) is 4.74. The lowest BCUT2D eigenvalue weighted by molar-refractivity contribution is 0.193. The number of urea groups is 1. The van der Waals surface area contributed by atoms with E-state index in [1.165, 1.54) is 0 Å². The topological polar surface area (TPSA) is 91.7 Å². The average Bonchev–Trinajstić information content (AvgIpc) is 3.16. The van der Waals surface area contributed by atoms with Gasteiger partial charge < -0.3 is 14.6 Å². The Kier molecular flexibility index (Phi) is 5.81. The molecule has 2 N–H and O–H groups in total. The summed E-state index contributed by atoms with van der Waals surface area (Å²) in [5.74, 6) is 0.739. The molecule has 7 nitrogen and oxygen atoms in total. The van der Waals surface area contributed by atoms with Crippen molar-refractivity contribution in [3.05, 3.63) is 42.7 Å². The van der Waals surface area contributed by atoms with E-state index in [-0.39, 0.29) is 12.1 Å². The molecule has 0 atom stereocenters. The number of furan rings is 1. The standard InChI is InChI=1S/C20H27N3O4S/c1-20(2,3)28(25,26)22-16-9-11-23(12-10-16)19(24)21-17-7-4-6-15(14-17)18-8-5-13-27-18/h4-8,13-14,16,22H,9-12H2,1-3H3,(H,21,24). The molecule has 1 fully saturated rings. The lowest BCUT2D eigenvalue weighted by Gasteiger charge is -2.33. The number of benzene rings is 1. The van der Waals surface area contributed by atoms with Crippen LogP contribution in [0.4, 0.5) is 10.5 Å². The van der Waals surface area contributed by atoms with Gasteiger partial charge in [0.25, 0.3) is 0 Å². The second kappa shape index (κ2) is 7.97. The van der Waals surface area contributed by atoms with Gasteiger partial charge in [0.15, 0.2) is 0 Å². The van der Waals surface area contributed by atoms with Gasteiger partial charge in [-0.05, 0) is 57.9 Å². The van der Waals surface area contributed by atoms with E-state index in [0.717, 1.165) is 11.3 Å². The fourth-order valence-corrected chi connectivity index (χ4v) is 4.02. The number of nitrogens with one attached hydrogen (secondary N) is 2. The van der Waals surface area contributed by atoms with Crippen molar-refractivity contribution >= 4 is 21.7 Å². The smallest absolute Gasteiger partial charge is 0.321 e. The van der Waals surface area contributed by atoms with Gasteiger partial charge in [-0.3, -0.25) is 0 Å². The number of carbonyl (C=O) groups excluding carboxylic acids is 1.